The molecule has 2 nitrogen and oxygen atoms in total. The van der Waals surface area contributed by atoms with Crippen molar-refractivity contribution in [3.8, 4) is 5.75 Å². The molecule has 1 aromatic rings. The third-order valence-electron chi connectivity index (χ3n) is 1.94. The van der Waals surface area contributed by atoms with E-state index < -0.39 is 0 Å². The summed E-state index contributed by atoms with van der Waals surface area (Å²) in [5.74, 6) is 0.683. The maximum absolute atomic E-state index is 9.72. The van der Waals surface area contributed by atoms with Crippen LogP contribution in [0, 0.1) is 19.8 Å². The molecule has 0 aliphatic heterocycles. The SMILES string of the molecule is Cc1cc(C)c(O)c(N=CC(C)C)c1.[Cr]. The first-order valence-corrected chi connectivity index (χ1v) is 4.85. The molecule has 1 aromatic carbocycles. The van der Waals surface area contributed by atoms with Gasteiger partial charge in [0.15, 0.2) is 0 Å². The second-order valence-electron chi connectivity index (χ2n) is 3.97. The summed E-state index contributed by atoms with van der Waals surface area (Å²) in [5.41, 5.74) is 2.66. The summed E-state index contributed by atoms with van der Waals surface area (Å²) in [6, 6.07) is 3.84. The van der Waals surface area contributed by atoms with Gasteiger partial charge in [0.05, 0.1) is 0 Å². The van der Waals surface area contributed by atoms with Gasteiger partial charge >= 0.3 is 0 Å². The van der Waals surface area contributed by atoms with Gasteiger partial charge in [0.1, 0.15) is 11.4 Å². The van der Waals surface area contributed by atoms with Crippen LogP contribution in [-0.2, 0) is 17.4 Å². The summed E-state index contributed by atoms with van der Waals surface area (Å²) in [6.07, 6.45) is 1.84. The molecule has 3 heteroatoms. The van der Waals surface area contributed by atoms with E-state index >= 15 is 0 Å². The van der Waals surface area contributed by atoms with Crippen LogP contribution < -0.4 is 0 Å². The first-order chi connectivity index (χ1) is 6.50. The number of hydrogen-bond donors (Lipinski definition) is 1. The molecule has 0 unspecified atom stereocenters. The van der Waals surface area contributed by atoms with Gasteiger partial charge in [-0.3, -0.25) is 4.99 Å². The van der Waals surface area contributed by atoms with Crippen LogP contribution in [0.1, 0.15) is 25.0 Å². The number of aryl methyl sites for hydroxylation is 2. The molecule has 0 atom stereocenters. The van der Waals surface area contributed by atoms with E-state index in [2.05, 4.69) is 18.8 Å². The Bertz CT molecular complexity index is 359. The zero-order valence-corrected chi connectivity index (χ0v) is 10.9. The van der Waals surface area contributed by atoms with Crippen molar-refractivity contribution in [3.05, 3.63) is 23.3 Å². The van der Waals surface area contributed by atoms with Crippen molar-refractivity contribution in [2.75, 3.05) is 0 Å². The Morgan fingerprint density at radius 2 is 1.87 bits per heavy atom. The Morgan fingerprint density at radius 3 is 2.40 bits per heavy atom. The van der Waals surface area contributed by atoms with E-state index in [1.165, 1.54) is 0 Å². The minimum atomic E-state index is 0. The Balaban J connectivity index is 0.00000196. The van der Waals surface area contributed by atoms with Crippen LogP contribution >= 0.6 is 0 Å². The normalized spacial score (nSPS) is 10.7. The zero-order valence-electron chi connectivity index (χ0n) is 9.61. The molecule has 0 saturated heterocycles. The van der Waals surface area contributed by atoms with Crippen molar-refractivity contribution in [2.24, 2.45) is 10.9 Å². The van der Waals surface area contributed by atoms with Crippen molar-refractivity contribution >= 4 is 11.9 Å². The maximum Gasteiger partial charge on any atom is 0.144 e. The summed E-state index contributed by atoms with van der Waals surface area (Å²) in [4.78, 5) is 4.25. The van der Waals surface area contributed by atoms with E-state index in [9.17, 15) is 5.11 Å². The molecule has 0 aliphatic rings. The summed E-state index contributed by atoms with van der Waals surface area (Å²) in [7, 11) is 0. The molecule has 0 saturated carbocycles. The van der Waals surface area contributed by atoms with Crippen LogP contribution in [0.25, 0.3) is 0 Å². The van der Waals surface area contributed by atoms with E-state index in [0.717, 1.165) is 11.1 Å². The van der Waals surface area contributed by atoms with Gasteiger partial charge in [0.2, 0.25) is 0 Å². The van der Waals surface area contributed by atoms with E-state index in [0.29, 0.717) is 11.6 Å². The molecule has 0 heterocycles. The quantitative estimate of drug-likeness (QED) is 0.794. The second kappa shape index (κ2) is 5.95. The van der Waals surface area contributed by atoms with Gasteiger partial charge in [0, 0.05) is 23.6 Å². The molecule has 0 fully saturated rings. The Morgan fingerprint density at radius 1 is 1.27 bits per heavy atom. The molecular weight excluding hydrogens is 226 g/mol. The molecular formula is C12H17CrNO. The van der Waals surface area contributed by atoms with Gasteiger partial charge < -0.3 is 5.11 Å². The van der Waals surface area contributed by atoms with Crippen LogP contribution in [0.5, 0.6) is 5.75 Å². The third kappa shape index (κ3) is 4.07. The first kappa shape index (κ1) is 14.2. The average molecular weight is 243 g/mol. The van der Waals surface area contributed by atoms with Gasteiger partial charge in [-0.25, -0.2) is 0 Å². The first-order valence-electron chi connectivity index (χ1n) is 4.85. The number of aromatic hydroxyl groups is 1. The van der Waals surface area contributed by atoms with E-state index in [1.807, 2.05) is 32.2 Å². The average Bonchev–Trinajstić information content (AvgIpc) is 2.08. The molecule has 0 spiro atoms. The van der Waals surface area contributed by atoms with E-state index in [-0.39, 0.29) is 23.1 Å². The number of phenols is 1. The van der Waals surface area contributed by atoms with Crippen LogP contribution in [-0.4, -0.2) is 11.3 Å². The molecule has 0 bridgehead atoms. The fourth-order valence-corrected chi connectivity index (χ4v) is 1.27. The van der Waals surface area contributed by atoms with Crippen molar-refractivity contribution in [1.29, 1.82) is 0 Å². The van der Waals surface area contributed by atoms with Crippen LogP contribution in [0.15, 0.2) is 17.1 Å². The van der Waals surface area contributed by atoms with Gasteiger partial charge in [-0.05, 0) is 37.0 Å². The number of nitrogens with zero attached hydrogens (tertiary/aromatic N) is 1. The van der Waals surface area contributed by atoms with Crippen LogP contribution in [0.4, 0.5) is 5.69 Å². The third-order valence-corrected chi connectivity index (χ3v) is 1.94. The molecule has 0 radical (unpaired) electrons. The number of hydrogen-bond acceptors (Lipinski definition) is 2. The molecule has 1 rings (SSSR count). The minimum Gasteiger partial charge on any atom is -0.505 e. The molecule has 82 valence electrons. The van der Waals surface area contributed by atoms with Crippen molar-refractivity contribution < 1.29 is 22.5 Å². The van der Waals surface area contributed by atoms with Crippen molar-refractivity contribution in [1.82, 2.24) is 0 Å². The fraction of sp³-hybridized carbons (Fsp3) is 0.417. The standard InChI is InChI=1S/C12H17NO.Cr/c1-8(2)7-13-11-6-9(3)5-10(4)12(11)14;/h5-8,14H,1-4H3;. The zero-order chi connectivity index (χ0) is 10.7. The van der Waals surface area contributed by atoms with Gasteiger partial charge in [-0.2, -0.15) is 0 Å². The largest absolute Gasteiger partial charge is 0.505 e. The molecule has 15 heavy (non-hydrogen) atoms. The fourth-order valence-electron chi connectivity index (χ4n) is 1.27. The molecule has 0 aliphatic carbocycles. The Labute approximate surface area is 102 Å². The molecule has 1 N–H and O–H groups in total. The van der Waals surface area contributed by atoms with Gasteiger partial charge in [-0.1, -0.05) is 19.9 Å². The van der Waals surface area contributed by atoms with Crippen LogP contribution in [0.2, 0.25) is 0 Å². The topological polar surface area (TPSA) is 32.6 Å². The minimum absolute atomic E-state index is 0. The van der Waals surface area contributed by atoms with E-state index in [1.54, 1.807) is 0 Å². The molecule has 0 aromatic heterocycles. The Kier molecular flexibility index (Phi) is 5.64. The number of aliphatic imine (C=N–C) groups is 1. The van der Waals surface area contributed by atoms with Gasteiger partial charge in [-0.15, -0.1) is 0 Å². The maximum atomic E-state index is 9.72. The number of rotatable bonds is 2. The predicted molar refractivity (Wildman–Crippen MR) is 60.6 cm³/mol. The monoisotopic (exact) mass is 243 g/mol. The van der Waals surface area contributed by atoms with E-state index in [4.69, 9.17) is 0 Å². The summed E-state index contributed by atoms with van der Waals surface area (Å²) < 4.78 is 0. The second-order valence-corrected chi connectivity index (χ2v) is 3.97. The van der Waals surface area contributed by atoms with Crippen molar-refractivity contribution in [3.63, 3.8) is 0 Å². The predicted octanol–water partition coefficient (Wildman–Crippen LogP) is 3.36. The van der Waals surface area contributed by atoms with Crippen LogP contribution in [0.3, 0.4) is 0 Å². The van der Waals surface area contributed by atoms with Crippen molar-refractivity contribution in [2.45, 2.75) is 27.7 Å². The number of phenolic OH excluding ortho intramolecular Hbond substituents is 1. The summed E-state index contributed by atoms with van der Waals surface area (Å²) >= 11 is 0. The van der Waals surface area contributed by atoms with Gasteiger partial charge in [0.25, 0.3) is 0 Å². The molecule has 0 amide bonds. The smallest absolute Gasteiger partial charge is 0.144 e. The number of benzene rings is 1. The Hall–Kier alpha value is -0.778. The summed E-state index contributed by atoms with van der Waals surface area (Å²) in [5, 5.41) is 9.72. The summed E-state index contributed by atoms with van der Waals surface area (Å²) in [6.45, 7) is 8.00.